The molecule has 3 aromatic rings. The average Bonchev–Trinajstić information content (AvgIpc) is 3.59. The van der Waals surface area contributed by atoms with Crippen LogP contribution in [0.15, 0.2) is 41.9 Å². The summed E-state index contributed by atoms with van der Waals surface area (Å²) in [6.07, 6.45) is 4.80. The minimum absolute atomic E-state index is 0.0147. The van der Waals surface area contributed by atoms with Crippen LogP contribution in [0.2, 0.25) is 0 Å². The van der Waals surface area contributed by atoms with Crippen molar-refractivity contribution in [1.82, 2.24) is 25.0 Å². The number of para-hydroxylation sites is 1. The van der Waals surface area contributed by atoms with E-state index in [2.05, 4.69) is 20.5 Å². The molecule has 2 N–H and O–H groups in total. The van der Waals surface area contributed by atoms with Crippen molar-refractivity contribution in [2.75, 3.05) is 38.7 Å². The Bertz CT molecular complexity index is 1050. The second-order valence-electron chi connectivity index (χ2n) is 8.31. The summed E-state index contributed by atoms with van der Waals surface area (Å²) in [4.78, 5) is 20.0. The number of fused-ring (bicyclic) bond motifs is 1. The number of nitrogens with zero attached hydrogens (tertiary/aromatic N) is 4. The third-order valence-electron chi connectivity index (χ3n) is 6.23. The van der Waals surface area contributed by atoms with Crippen molar-refractivity contribution in [3.63, 3.8) is 0 Å². The fourth-order valence-electron chi connectivity index (χ4n) is 4.69. The monoisotopic (exact) mass is 452 g/mol. The molecule has 2 aliphatic rings. The highest BCUT2D eigenvalue weighted by Crippen LogP contribution is 2.32. The van der Waals surface area contributed by atoms with Crippen molar-refractivity contribution < 1.29 is 9.53 Å². The van der Waals surface area contributed by atoms with Crippen LogP contribution < -0.4 is 10.6 Å². The molecular formula is C23H28N6O2S. The van der Waals surface area contributed by atoms with E-state index in [0.29, 0.717) is 6.61 Å². The molecule has 1 aliphatic heterocycles. The number of carbonyl (C=O) groups is 1. The van der Waals surface area contributed by atoms with Gasteiger partial charge in [-0.1, -0.05) is 18.2 Å². The molecule has 3 heterocycles. The van der Waals surface area contributed by atoms with Crippen LogP contribution in [0.3, 0.4) is 0 Å². The van der Waals surface area contributed by atoms with E-state index in [9.17, 15) is 4.79 Å². The Labute approximate surface area is 191 Å². The van der Waals surface area contributed by atoms with E-state index in [1.807, 2.05) is 46.6 Å². The molecule has 1 fully saturated rings. The summed E-state index contributed by atoms with van der Waals surface area (Å²) in [6.45, 7) is 3.15. The number of ether oxygens (including phenoxy) is 1. The molecule has 2 amide bonds. The first-order valence-electron chi connectivity index (χ1n) is 11.1. The summed E-state index contributed by atoms with van der Waals surface area (Å²) < 4.78 is 7.11. The second-order valence-corrected chi connectivity index (χ2v) is 9.24. The zero-order valence-electron chi connectivity index (χ0n) is 18.2. The highest BCUT2D eigenvalue weighted by atomic mass is 32.1. The number of anilines is 1. The molecule has 0 radical (unpaired) electrons. The zero-order chi connectivity index (χ0) is 21.9. The molecule has 0 saturated carbocycles. The Kier molecular flexibility index (Phi) is 6.20. The van der Waals surface area contributed by atoms with Gasteiger partial charge in [0.05, 0.1) is 29.0 Å². The van der Waals surface area contributed by atoms with Gasteiger partial charge in [-0.15, -0.1) is 11.3 Å². The minimum atomic E-state index is -0.197. The number of hydrogen-bond donors (Lipinski definition) is 2. The molecule has 2 aromatic heterocycles. The third kappa shape index (κ3) is 4.28. The summed E-state index contributed by atoms with van der Waals surface area (Å²) in [7, 11) is 1.71. The SMILES string of the molecule is COCCN1C[C@@H](NC(=O)Nc2c3c(nn2-c2ccccc2)CCC3)[C@H](c2nccs2)C1. The molecule has 8 nitrogen and oxygen atoms in total. The first-order valence-corrected chi connectivity index (χ1v) is 12.0. The number of aryl methyl sites for hydroxylation is 1. The molecule has 1 aliphatic carbocycles. The molecule has 0 spiro atoms. The standard InChI is InChI=1S/C23H28N6O2S/c1-31-12-11-28-14-18(22-24-10-13-32-22)20(15-28)25-23(30)26-21-17-8-5-9-19(17)27-29(21)16-6-3-2-4-7-16/h2-4,6-7,10,13,18,20H,5,8-9,11-12,14-15H2,1H3,(H2,25,26,30)/t18-,20-/m1/s1. The largest absolute Gasteiger partial charge is 0.383 e. The van der Waals surface area contributed by atoms with Crippen LogP contribution in [-0.4, -0.2) is 65.1 Å². The summed E-state index contributed by atoms with van der Waals surface area (Å²) in [5.74, 6) is 0.948. The van der Waals surface area contributed by atoms with E-state index in [1.165, 1.54) is 0 Å². The van der Waals surface area contributed by atoms with Gasteiger partial charge < -0.3 is 10.1 Å². The van der Waals surface area contributed by atoms with Gasteiger partial charge in [-0.05, 0) is 31.4 Å². The van der Waals surface area contributed by atoms with E-state index in [1.54, 1.807) is 18.4 Å². The van der Waals surface area contributed by atoms with Crippen LogP contribution in [-0.2, 0) is 17.6 Å². The number of hydrogen-bond acceptors (Lipinski definition) is 6. The predicted molar refractivity (Wildman–Crippen MR) is 125 cm³/mol. The van der Waals surface area contributed by atoms with E-state index < -0.39 is 0 Å². The Morgan fingerprint density at radius 1 is 1.25 bits per heavy atom. The van der Waals surface area contributed by atoms with Crippen molar-refractivity contribution in [2.24, 2.45) is 0 Å². The first kappa shape index (κ1) is 21.1. The molecule has 0 unspecified atom stereocenters. The maximum absolute atomic E-state index is 13.2. The molecule has 168 valence electrons. The van der Waals surface area contributed by atoms with Gasteiger partial charge >= 0.3 is 6.03 Å². The highest BCUT2D eigenvalue weighted by Gasteiger charge is 2.36. The van der Waals surface area contributed by atoms with Crippen LogP contribution in [0.4, 0.5) is 10.6 Å². The lowest BCUT2D eigenvalue weighted by Crippen LogP contribution is -2.42. The van der Waals surface area contributed by atoms with Crippen LogP contribution in [0.1, 0.15) is 28.6 Å². The number of methoxy groups -OCH3 is 1. The normalized spacial score (nSPS) is 20.4. The van der Waals surface area contributed by atoms with Gasteiger partial charge in [-0.25, -0.2) is 14.5 Å². The number of amides is 2. The Morgan fingerprint density at radius 3 is 2.91 bits per heavy atom. The molecule has 2 atom stereocenters. The van der Waals surface area contributed by atoms with Crippen molar-refractivity contribution in [3.05, 3.63) is 58.2 Å². The lowest BCUT2D eigenvalue weighted by Gasteiger charge is -2.19. The second kappa shape index (κ2) is 9.40. The van der Waals surface area contributed by atoms with E-state index >= 15 is 0 Å². The van der Waals surface area contributed by atoms with Gasteiger partial charge in [0, 0.05) is 49.8 Å². The van der Waals surface area contributed by atoms with Crippen molar-refractivity contribution in [3.8, 4) is 5.69 Å². The molecule has 1 aromatic carbocycles. The number of likely N-dealkylation sites (tertiary alicyclic amines) is 1. The van der Waals surface area contributed by atoms with Crippen molar-refractivity contribution in [2.45, 2.75) is 31.2 Å². The van der Waals surface area contributed by atoms with Crippen LogP contribution >= 0.6 is 11.3 Å². The van der Waals surface area contributed by atoms with Gasteiger partial charge in [0.25, 0.3) is 0 Å². The first-order chi connectivity index (χ1) is 15.7. The van der Waals surface area contributed by atoms with Crippen LogP contribution in [0.5, 0.6) is 0 Å². The third-order valence-corrected chi connectivity index (χ3v) is 7.14. The summed E-state index contributed by atoms with van der Waals surface area (Å²) >= 11 is 1.64. The topological polar surface area (TPSA) is 84.3 Å². The number of nitrogens with one attached hydrogen (secondary N) is 2. The maximum atomic E-state index is 13.2. The zero-order valence-corrected chi connectivity index (χ0v) is 19.0. The van der Waals surface area contributed by atoms with Crippen LogP contribution in [0, 0.1) is 0 Å². The van der Waals surface area contributed by atoms with Gasteiger partial charge in [-0.2, -0.15) is 5.10 Å². The van der Waals surface area contributed by atoms with Gasteiger partial charge in [0.15, 0.2) is 0 Å². The number of urea groups is 1. The lowest BCUT2D eigenvalue weighted by atomic mass is 10.1. The van der Waals surface area contributed by atoms with Crippen molar-refractivity contribution in [1.29, 1.82) is 0 Å². The molecule has 5 rings (SSSR count). The molecule has 9 heteroatoms. The number of benzene rings is 1. The number of thiazole rings is 1. The summed E-state index contributed by atoms with van der Waals surface area (Å²) in [5, 5.41) is 14.2. The van der Waals surface area contributed by atoms with Crippen LogP contribution in [0.25, 0.3) is 5.69 Å². The predicted octanol–water partition coefficient (Wildman–Crippen LogP) is 3.05. The number of aromatic nitrogens is 3. The minimum Gasteiger partial charge on any atom is -0.383 e. The highest BCUT2D eigenvalue weighted by molar-refractivity contribution is 7.09. The van der Waals surface area contributed by atoms with E-state index in [0.717, 1.165) is 66.7 Å². The lowest BCUT2D eigenvalue weighted by molar-refractivity contribution is 0.159. The van der Waals surface area contributed by atoms with Gasteiger partial charge in [-0.3, -0.25) is 10.2 Å². The fourth-order valence-corrected chi connectivity index (χ4v) is 5.49. The Morgan fingerprint density at radius 2 is 2.12 bits per heavy atom. The Hall–Kier alpha value is -2.75. The maximum Gasteiger partial charge on any atom is 0.320 e. The average molecular weight is 453 g/mol. The summed E-state index contributed by atoms with van der Waals surface area (Å²) in [5.41, 5.74) is 3.18. The molecule has 0 bridgehead atoms. The van der Waals surface area contributed by atoms with E-state index in [-0.39, 0.29) is 18.0 Å². The molecular weight excluding hydrogens is 424 g/mol. The van der Waals surface area contributed by atoms with Crippen molar-refractivity contribution >= 4 is 23.2 Å². The fraction of sp³-hybridized carbons (Fsp3) is 0.435. The number of rotatable bonds is 7. The smallest absolute Gasteiger partial charge is 0.320 e. The van der Waals surface area contributed by atoms with E-state index in [4.69, 9.17) is 9.84 Å². The Balaban J connectivity index is 1.34. The van der Waals surface area contributed by atoms with Gasteiger partial charge in [0.1, 0.15) is 5.82 Å². The molecule has 1 saturated heterocycles. The quantitative estimate of drug-likeness (QED) is 0.576. The molecule has 32 heavy (non-hydrogen) atoms. The van der Waals surface area contributed by atoms with Gasteiger partial charge in [0.2, 0.25) is 0 Å². The summed E-state index contributed by atoms with van der Waals surface area (Å²) in [6, 6.07) is 9.75. The number of carbonyl (C=O) groups excluding carboxylic acids is 1.